The molecule has 0 saturated carbocycles. The van der Waals surface area contributed by atoms with Crippen molar-refractivity contribution < 1.29 is 0 Å². The summed E-state index contributed by atoms with van der Waals surface area (Å²) in [7, 11) is 0. The summed E-state index contributed by atoms with van der Waals surface area (Å²) >= 11 is 1.53. The van der Waals surface area contributed by atoms with E-state index in [-0.39, 0.29) is 5.69 Å². The van der Waals surface area contributed by atoms with Gasteiger partial charge in [-0.15, -0.1) is 11.3 Å². The molecule has 4 rings (SSSR count). The van der Waals surface area contributed by atoms with E-state index in [1.165, 1.54) is 11.3 Å². The zero-order valence-corrected chi connectivity index (χ0v) is 11.9. The number of thiazole rings is 1. The van der Waals surface area contributed by atoms with E-state index in [9.17, 15) is 4.79 Å². The minimum atomic E-state index is -0.206. The summed E-state index contributed by atoms with van der Waals surface area (Å²) < 4.78 is 1.76. The molecule has 3 heterocycles. The van der Waals surface area contributed by atoms with Crippen molar-refractivity contribution in [3.05, 3.63) is 52.2 Å². The molecule has 4 aromatic rings. The lowest BCUT2D eigenvalue weighted by Crippen LogP contribution is -1.99. The largest absolute Gasteiger partial charge is 0.323 e. The molecule has 0 aliphatic heterocycles. The van der Waals surface area contributed by atoms with E-state index in [2.05, 4.69) is 20.1 Å². The number of H-pyrrole nitrogens is 2. The number of fused-ring (bicyclic) bond motifs is 1. The van der Waals surface area contributed by atoms with Gasteiger partial charge >= 0.3 is 5.69 Å². The summed E-state index contributed by atoms with van der Waals surface area (Å²) in [6.45, 7) is 1.95. The lowest BCUT2D eigenvalue weighted by Gasteiger charge is -2.00. The maximum absolute atomic E-state index is 11.5. The van der Waals surface area contributed by atoms with Crippen LogP contribution in [-0.2, 0) is 0 Å². The fourth-order valence-electron chi connectivity index (χ4n) is 2.43. The highest BCUT2D eigenvalue weighted by atomic mass is 32.1. The Bertz CT molecular complexity index is 977. The van der Waals surface area contributed by atoms with Gasteiger partial charge in [-0.05, 0) is 13.0 Å². The SMILES string of the molecule is Cc1nn(-c2nccs2)cc1-c1cccc2[nH]c(=O)[nH]c12. The number of aryl methyl sites for hydroxylation is 1. The maximum Gasteiger partial charge on any atom is 0.323 e. The second kappa shape index (κ2) is 4.42. The van der Waals surface area contributed by atoms with Crippen LogP contribution in [0.3, 0.4) is 0 Å². The van der Waals surface area contributed by atoms with Crippen LogP contribution in [0.15, 0.2) is 40.8 Å². The number of imidazole rings is 1. The zero-order valence-electron chi connectivity index (χ0n) is 11.1. The molecule has 104 valence electrons. The second-order valence-corrected chi connectivity index (χ2v) is 5.57. The molecule has 6 nitrogen and oxygen atoms in total. The molecule has 0 amide bonds. The van der Waals surface area contributed by atoms with E-state index in [1.807, 2.05) is 36.7 Å². The van der Waals surface area contributed by atoms with Gasteiger partial charge in [-0.1, -0.05) is 12.1 Å². The van der Waals surface area contributed by atoms with Crippen LogP contribution >= 0.6 is 11.3 Å². The molecule has 0 aliphatic carbocycles. The van der Waals surface area contributed by atoms with E-state index in [1.54, 1.807) is 10.9 Å². The fraction of sp³-hybridized carbons (Fsp3) is 0.0714. The van der Waals surface area contributed by atoms with Crippen molar-refractivity contribution in [2.75, 3.05) is 0 Å². The predicted octanol–water partition coefficient (Wildman–Crippen LogP) is 2.47. The molecule has 21 heavy (non-hydrogen) atoms. The normalized spacial score (nSPS) is 11.3. The Morgan fingerprint density at radius 2 is 2.14 bits per heavy atom. The molecule has 2 N–H and O–H groups in total. The number of nitrogens with one attached hydrogen (secondary N) is 2. The number of aromatic nitrogens is 5. The monoisotopic (exact) mass is 297 g/mol. The summed E-state index contributed by atoms with van der Waals surface area (Å²) in [5.74, 6) is 0. The number of hydrogen-bond acceptors (Lipinski definition) is 4. The van der Waals surface area contributed by atoms with Gasteiger partial charge < -0.3 is 9.97 Å². The van der Waals surface area contributed by atoms with Crippen LogP contribution in [0.25, 0.3) is 27.3 Å². The van der Waals surface area contributed by atoms with Gasteiger partial charge in [0.15, 0.2) is 0 Å². The first-order valence-electron chi connectivity index (χ1n) is 6.40. The number of rotatable bonds is 2. The van der Waals surface area contributed by atoms with Crippen LogP contribution in [0, 0.1) is 6.92 Å². The third-order valence-corrected chi connectivity index (χ3v) is 4.12. The highest BCUT2D eigenvalue weighted by molar-refractivity contribution is 7.12. The molecule has 0 saturated heterocycles. The van der Waals surface area contributed by atoms with Crippen molar-refractivity contribution in [3.63, 3.8) is 0 Å². The van der Waals surface area contributed by atoms with Crippen LogP contribution in [0.4, 0.5) is 0 Å². The molecule has 0 bridgehead atoms. The van der Waals surface area contributed by atoms with Gasteiger partial charge in [-0.25, -0.2) is 14.5 Å². The van der Waals surface area contributed by atoms with Crippen molar-refractivity contribution in [1.29, 1.82) is 0 Å². The van der Waals surface area contributed by atoms with Gasteiger partial charge in [0, 0.05) is 28.9 Å². The van der Waals surface area contributed by atoms with Crippen LogP contribution in [0.5, 0.6) is 0 Å². The highest BCUT2D eigenvalue weighted by Gasteiger charge is 2.13. The summed E-state index contributed by atoms with van der Waals surface area (Å²) in [5, 5.41) is 7.24. The Balaban J connectivity index is 1.95. The van der Waals surface area contributed by atoms with Gasteiger partial charge in [-0.3, -0.25) is 0 Å². The fourth-order valence-corrected chi connectivity index (χ4v) is 3.00. The minimum Gasteiger partial charge on any atom is -0.306 e. The maximum atomic E-state index is 11.5. The Kier molecular flexibility index (Phi) is 2.55. The van der Waals surface area contributed by atoms with Crippen LogP contribution < -0.4 is 5.69 Å². The molecule has 0 atom stereocenters. The van der Waals surface area contributed by atoms with Crippen molar-refractivity contribution in [1.82, 2.24) is 24.7 Å². The quantitative estimate of drug-likeness (QED) is 0.596. The van der Waals surface area contributed by atoms with Gasteiger partial charge in [-0.2, -0.15) is 5.10 Å². The first-order valence-corrected chi connectivity index (χ1v) is 7.28. The molecule has 0 fully saturated rings. The molecular formula is C14H11N5OS. The average Bonchev–Trinajstić information content (AvgIpc) is 3.15. The predicted molar refractivity (Wildman–Crippen MR) is 81.9 cm³/mol. The third kappa shape index (κ3) is 1.90. The first kappa shape index (κ1) is 12.1. The Morgan fingerprint density at radius 3 is 2.95 bits per heavy atom. The van der Waals surface area contributed by atoms with Crippen molar-refractivity contribution in [2.45, 2.75) is 6.92 Å². The minimum absolute atomic E-state index is 0.206. The van der Waals surface area contributed by atoms with Gasteiger partial charge in [0.05, 0.1) is 16.7 Å². The number of nitrogens with zero attached hydrogens (tertiary/aromatic N) is 3. The smallest absolute Gasteiger partial charge is 0.306 e. The molecule has 3 aromatic heterocycles. The number of aromatic amines is 2. The number of hydrogen-bond donors (Lipinski definition) is 2. The summed E-state index contributed by atoms with van der Waals surface area (Å²) in [6.07, 6.45) is 3.69. The lowest BCUT2D eigenvalue weighted by molar-refractivity contribution is 0.853. The van der Waals surface area contributed by atoms with E-state index >= 15 is 0 Å². The molecular weight excluding hydrogens is 286 g/mol. The molecule has 0 spiro atoms. The van der Waals surface area contributed by atoms with E-state index in [0.29, 0.717) is 0 Å². The summed E-state index contributed by atoms with van der Waals surface area (Å²) in [4.78, 5) is 21.4. The lowest BCUT2D eigenvalue weighted by atomic mass is 10.1. The molecule has 0 unspecified atom stereocenters. The third-order valence-electron chi connectivity index (χ3n) is 3.36. The first-order chi connectivity index (χ1) is 10.2. The Morgan fingerprint density at radius 1 is 1.24 bits per heavy atom. The highest BCUT2D eigenvalue weighted by Crippen LogP contribution is 2.29. The van der Waals surface area contributed by atoms with Crippen LogP contribution in [0.1, 0.15) is 5.69 Å². The topological polar surface area (TPSA) is 79.4 Å². The average molecular weight is 297 g/mol. The Hall–Kier alpha value is -2.67. The van der Waals surface area contributed by atoms with E-state index in [0.717, 1.165) is 33.0 Å². The Labute approximate surface area is 123 Å². The molecule has 1 aromatic carbocycles. The van der Waals surface area contributed by atoms with Crippen LogP contribution in [-0.4, -0.2) is 24.7 Å². The van der Waals surface area contributed by atoms with Gasteiger partial charge in [0.1, 0.15) is 0 Å². The van der Waals surface area contributed by atoms with Crippen molar-refractivity contribution in [3.8, 4) is 16.3 Å². The summed E-state index contributed by atoms with van der Waals surface area (Å²) in [5.41, 5.74) is 4.20. The van der Waals surface area contributed by atoms with E-state index < -0.39 is 0 Å². The van der Waals surface area contributed by atoms with Crippen molar-refractivity contribution >= 4 is 22.4 Å². The number of benzene rings is 1. The molecule has 7 heteroatoms. The van der Waals surface area contributed by atoms with Crippen LogP contribution in [0.2, 0.25) is 0 Å². The standard InChI is InChI=1S/C14H11N5OS/c1-8-10(7-19(18-8)14-15-5-6-21-14)9-3-2-4-11-12(9)17-13(20)16-11/h2-7H,1H3,(H2,16,17,20). The number of para-hydroxylation sites is 1. The van der Waals surface area contributed by atoms with Gasteiger partial charge in [0.25, 0.3) is 0 Å². The molecule has 0 radical (unpaired) electrons. The zero-order chi connectivity index (χ0) is 14.4. The van der Waals surface area contributed by atoms with Crippen molar-refractivity contribution in [2.24, 2.45) is 0 Å². The second-order valence-electron chi connectivity index (χ2n) is 4.69. The molecule has 0 aliphatic rings. The van der Waals surface area contributed by atoms with E-state index in [4.69, 9.17) is 0 Å². The van der Waals surface area contributed by atoms with Gasteiger partial charge in [0.2, 0.25) is 5.13 Å². The summed E-state index contributed by atoms with van der Waals surface area (Å²) in [6, 6.07) is 5.77.